The van der Waals surface area contributed by atoms with Crippen molar-refractivity contribution >= 4 is 0 Å². The van der Waals surface area contributed by atoms with Crippen molar-refractivity contribution in [3.05, 3.63) is 35.4 Å². The van der Waals surface area contributed by atoms with Gasteiger partial charge in [-0.05, 0) is 17.9 Å². The molecule has 3 nitrogen and oxygen atoms in total. The maximum Gasteiger partial charge on any atom is 0.157 e. The molecule has 2 N–H and O–H groups in total. The van der Waals surface area contributed by atoms with Crippen LogP contribution < -0.4 is 5.32 Å². The Kier molecular flexibility index (Phi) is 4.11. The van der Waals surface area contributed by atoms with Crippen molar-refractivity contribution in [2.75, 3.05) is 26.2 Å². The molecule has 0 amide bonds. The lowest BCUT2D eigenvalue weighted by Gasteiger charge is -2.50. The Morgan fingerprint density at radius 3 is 3.05 bits per heavy atom. The van der Waals surface area contributed by atoms with Crippen LogP contribution in [0.25, 0.3) is 0 Å². The van der Waals surface area contributed by atoms with Gasteiger partial charge in [-0.3, -0.25) is 4.90 Å². The number of hydrogen-bond acceptors (Lipinski definition) is 3. The first-order valence-electron chi connectivity index (χ1n) is 8.03. The SMILES string of the molecule is CCCCCC1CN2CCNCC2(O)c2ccccc21. The monoisotopic (exact) mass is 274 g/mol. The summed E-state index contributed by atoms with van der Waals surface area (Å²) in [5.41, 5.74) is 1.70. The molecular weight excluding hydrogens is 248 g/mol. The van der Waals surface area contributed by atoms with Gasteiger partial charge in [-0.15, -0.1) is 0 Å². The average Bonchev–Trinajstić information content (AvgIpc) is 2.48. The first-order valence-corrected chi connectivity index (χ1v) is 8.03. The van der Waals surface area contributed by atoms with Crippen LogP contribution in [0.15, 0.2) is 24.3 Å². The Bertz CT molecular complexity index is 462. The summed E-state index contributed by atoms with van der Waals surface area (Å²) < 4.78 is 0. The van der Waals surface area contributed by atoms with Crippen LogP contribution in [0.2, 0.25) is 0 Å². The topological polar surface area (TPSA) is 35.5 Å². The summed E-state index contributed by atoms with van der Waals surface area (Å²) in [5.74, 6) is 0.580. The van der Waals surface area contributed by atoms with Gasteiger partial charge in [0.25, 0.3) is 0 Å². The van der Waals surface area contributed by atoms with Gasteiger partial charge in [0.15, 0.2) is 5.72 Å². The maximum absolute atomic E-state index is 11.1. The Balaban J connectivity index is 1.89. The molecule has 0 radical (unpaired) electrons. The van der Waals surface area contributed by atoms with E-state index in [-0.39, 0.29) is 0 Å². The molecule has 2 unspecified atom stereocenters. The lowest BCUT2D eigenvalue weighted by atomic mass is 9.80. The zero-order valence-electron chi connectivity index (χ0n) is 12.4. The van der Waals surface area contributed by atoms with Crippen molar-refractivity contribution in [2.45, 2.75) is 44.2 Å². The third-order valence-electron chi connectivity index (χ3n) is 4.88. The molecule has 0 spiro atoms. The second-order valence-corrected chi connectivity index (χ2v) is 6.22. The molecule has 1 aromatic rings. The van der Waals surface area contributed by atoms with Gasteiger partial charge in [-0.25, -0.2) is 0 Å². The molecule has 0 aromatic heterocycles. The molecule has 1 fully saturated rings. The number of nitrogens with zero attached hydrogens (tertiary/aromatic N) is 1. The van der Waals surface area contributed by atoms with E-state index >= 15 is 0 Å². The van der Waals surface area contributed by atoms with Gasteiger partial charge in [0.05, 0.1) is 0 Å². The number of hydrogen-bond donors (Lipinski definition) is 2. The van der Waals surface area contributed by atoms with Crippen molar-refractivity contribution in [3.8, 4) is 0 Å². The molecule has 2 aliphatic heterocycles. The molecule has 110 valence electrons. The van der Waals surface area contributed by atoms with E-state index in [1.54, 1.807) is 0 Å². The largest absolute Gasteiger partial charge is 0.370 e. The summed E-state index contributed by atoms with van der Waals surface area (Å²) >= 11 is 0. The molecule has 1 saturated heterocycles. The van der Waals surface area contributed by atoms with Gasteiger partial charge in [-0.1, -0.05) is 50.5 Å². The fourth-order valence-electron chi connectivity index (χ4n) is 3.75. The van der Waals surface area contributed by atoms with E-state index in [1.807, 2.05) is 0 Å². The number of aliphatic hydroxyl groups is 1. The normalized spacial score (nSPS) is 29.8. The van der Waals surface area contributed by atoms with Crippen LogP contribution in [-0.4, -0.2) is 36.2 Å². The zero-order valence-corrected chi connectivity index (χ0v) is 12.4. The summed E-state index contributed by atoms with van der Waals surface area (Å²) in [6.07, 6.45) is 5.11. The fraction of sp³-hybridized carbons (Fsp3) is 0.647. The zero-order chi connectivity index (χ0) is 14.0. The van der Waals surface area contributed by atoms with Crippen LogP contribution in [0.5, 0.6) is 0 Å². The third kappa shape index (κ3) is 2.39. The Labute approximate surface area is 122 Å². The summed E-state index contributed by atoms with van der Waals surface area (Å²) in [5, 5.41) is 14.4. The van der Waals surface area contributed by atoms with Crippen LogP contribution in [0, 0.1) is 0 Å². The Morgan fingerprint density at radius 2 is 2.20 bits per heavy atom. The molecule has 1 aromatic carbocycles. The highest BCUT2D eigenvalue weighted by atomic mass is 16.3. The van der Waals surface area contributed by atoms with Gasteiger partial charge < -0.3 is 10.4 Å². The highest BCUT2D eigenvalue weighted by molar-refractivity contribution is 5.38. The van der Waals surface area contributed by atoms with Gasteiger partial charge in [0, 0.05) is 31.7 Å². The van der Waals surface area contributed by atoms with E-state index in [4.69, 9.17) is 0 Å². The minimum atomic E-state index is -0.796. The van der Waals surface area contributed by atoms with Crippen molar-refractivity contribution in [2.24, 2.45) is 0 Å². The van der Waals surface area contributed by atoms with Gasteiger partial charge in [-0.2, -0.15) is 0 Å². The molecule has 0 aliphatic carbocycles. The summed E-state index contributed by atoms with van der Waals surface area (Å²) in [6, 6.07) is 8.50. The number of benzene rings is 1. The molecule has 2 atom stereocenters. The van der Waals surface area contributed by atoms with Gasteiger partial charge >= 0.3 is 0 Å². The lowest BCUT2D eigenvalue weighted by molar-refractivity contribution is -0.139. The highest BCUT2D eigenvalue weighted by Crippen LogP contribution is 2.41. The van der Waals surface area contributed by atoms with Gasteiger partial charge in [0.2, 0.25) is 0 Å². The molecule has 20 heavy (non-hydrogen) atoms. The minimum Gasteiger partial charge on any atom is -0.370 e. The second-order valence-electron chi connectivity index (χ2n) is 6.22. The predicted molar refractivity (Wildman–Crippen MR) is 81.7 cm³/mol. The molecule has 0 bridgehead atoms. The number of β-amino-alcohol motifs (C(OH)–C–C–N with tert-alkyl or cyclic N) is 1. The average molecular weight is 274 g/mol. The van der Waals surface area contributed by atoms with Crippen molar-refractivity contribution in [3.63, 3.8) is 0 Å². The molecular formula is C17H26N2O. The Morgan fingerprint density at radius 1 is 1.35 bits per heavy atom. The Hall–Kier alpha value is -0.900. The molecule has 2 heterocycles. The van der Waals surface area contributed by atoms with Crippen molar-refractivity contribution < 1.29 is 5.11 Å². The van der Waals surface area contributed by atoms with Crippen molar-refractivity contribution in [1.29, 1.82) is 0 Å². The number of piperazine rings is 1. The number of unbranched alkanes of at least 4 members (excludes halogenated alkanes) is 2. The van der Waals surface area contributed by atoms with E-state index in [9.17, 15) is 5.11 Å². The van der Waals surface area contributed by atoms with Gasteiger partial charge in [0.1, 0.15) is 0 Å². The molecule has 3 rings (SSSR count). The van der Waals surface area contributed by atoms with Crippen LogP contribution in [0.4, 0.5) is 0 Å². The fourth-order valence-corrected chi connectivity index (χ4v) is 3.75. The van der Waals surface area contributed by atoms with E-state index in [1.165, 1.54) is 31.2 Å². The number of rotatable bonds is 4. The summed E-state index contributed by atoms with van der Waals surface area (Å²) in [7, 11) is 0. The highest BCUT2D eigenvalue weighted by Gasteiger charge is 2.44. The predicted octanol–water partition coefficient (Wildman–Crippen LogP) is 2.41. The van der Waals surface area contributed by atoms with Crippen LogP contribution >= 0.6 is 0 Å². The van der Waals surface area contributed by atoms with Crippen LogP contribution in [0.1, 0.15) is 49.7 Å². The minimum absolute atomic E-state index is 0.580. The van der Waals surface area contributed by atoms with E-state index in [0.29, 0.717) is 12.5 Å². The second kappa shape index (κ2) is 5.84. The standard InChI is InChI=1S/C17H26N2O/c1-2-3-4-7-14-12-19-11-10-18-13-17(19,20)16-9-6-5-8-15(14)16/h5-6,8-9,14,18,20H,2-4,7,10-13H2,1H3. The number of nitrogens with one attached hydrogen (secondary N) is 1. The van der Waals surface area contributed by atoms with E-state index in [0.717, 1.165) is 25.2 Å². The van der Waals surface area contributed by atoms with E-state index < -0.39 is 5.72 Å². The van der Waals surface area contributed by atoms with Crippen molar-refractivity contribution in [1.82, 2.24) is 10.2 Å². The molecule has 0 saturated carbocycles. The maximum atomic E-state index is 11.1. The first kappa shape index (κ1) is 14.1. The van der Waals surface area contributed by atoms with Crippen LogP contribution in [0.3, 0.4) is 0 Å². The third-order valence-corrected chi connectivity index (χ3v) is 4.88. The molecule has 3 heteroatoms. The van der Waals surface area contributed by atoms with Crippen LogP contribution in [-0.2, 0) is 5.72 Å². The first-order chi connectivity index (χ1) is 9.75. The smallest absolute Gasteiger partial charge is 0.157 e. The lowest BCUT2D eigenvalue weighted by Crippen LogP contribution is -2.62. The summed E-state index contributed by atoms with van der Waals surface area (Å²) in [6.45, 7) is 5.82. The van der Waals surface area contributed by atoms with E-state index in [2.05, 4.69) is 41.4 Å². The summed E-state index contributed by atoms with van der Waals surface area (Å²) in [4.78, 5) is 2.28. The quantitative estimate of drug-likeness (QED) is 0.828. The molecule has 2 aliphatic rings. The number of fused-ring (bicyclic) bond motifs is 3.